The van der Waals surface area contributed by atoms with E-state index in [1.54, 1.807) is 6.92 Å². The van der Waals surface area contributed by atoms with E-state index in [1.165, 1.54) is 11.8 Å². The lowest BCUT2D eigenvalue weighted by Crippen LogP contribution is -2.22. The first kappa shape index (κ1) is 22.7. The molecule has 0 aromatic rings. The fraction of sp³-hybridized carbons (Fsp3) is 0.944. The summed E-state index contributed by atoms with van der Waals surface area (Å²) in [5.41, 5.74) is 0. The monoisotopic (exact) mass is 352 g/mol. The fourth-order valence-corrected chi connectivity index (χ4v) is 3.44. The Bertz CT molecular complexity index is 299. The van der Waals surface area contributed by atoms with Crippen LogP contribution in [0.2, 0.25) is 0 Å². The molecule has 0 saturated carbocycles. The van der Waals surface area contributed by atoms with Crippen LogP contribution in [0.25, 0.3) is 0 Å². The zero-order valence-corrected chi connectivity index (χ0v) is 15.9. The van der Waals surface area contributed by atoms with Crippen molar-refractivity contribution in [3.8, 4) is 0 Å². The lowest BCUT2D eigenvalue weighted by molar-refractivity contribution is -0.143. The Morgan fingerprint density at radius 1 is 1.00 bits per heavy atom. The van der Waals surface area contributed by atoms with Gasteiger partial charge in [-0.05, 0) is 25.0 Å². The summed E-state index contributed by atoms with van der Waals surface area (Å²) in [5.74, 6) is -2.13. The molecule has 0 rings (SSSR count). The molecule has 0 bridgehead atoms. The number of alkyl halides is 2. The molecule has 0 fully saturated rings. The molecule has 0 N–H and O–H groups in total. The minimum absolute atomic E-state index is 0.0450. The molecule has 0 amide bonds. The highest BCUT2D eigenvalue weighted by molar-refractivity contribution is 8.00. The Hall–Kier alpha value is -0.320. The summed E-state index contributed by atoms with van der Waals surface area (Å²) in [7, 11) is 0. The standard InChI is InChI=1S/C18H34F2O2S/c1-4-7-9-11-16(17(21)22-14-8-5-2)23-15-10-13-18(19,20)12-6-3/h16H,4-15H2,1-3H3. The number of carbonyl (C=O) groups excluding carboxylic acids is 1. The van der Waals surface area contributed by atoms with Gasteiger partial charge in [-0.3, -0.25) is 4.79 Å². The van der Waals surface area contributed by atoms with Crippen LogP contribution in [0, 0.1) is 0 Å². The van der Waals surface area contributed by atoms with E-state index in [4.69, 9.17) is 4.74 Å². The van der Waals surface area contributed by atoms with Gasteiger partial charge in [-0.2, -0.15) is 0 Å². The van der Waals surface area contributed by atoms with Crippen molar-refractivity contribution in [2.75, 3.05) is 12.4 Å². The van der Waals surface area contributed by atoms with Crippen LogP contribution in [0.3, 0.4) is 0 Å². The molecule has 1 atom stereocenters. The second kappa shape index (κ2) is 14.1. The highest BCUT2D eigenvalue weighted by atomic mass is 32.2. The number of halogens is 2. The normalized spacial score (nSPS) is 13.1. The van der Waals surface area contributed by atoms with Gasteiger partial charge < -0.3 is 4.74 Å². The van der Waals surface area contributed by atoms with Crippen LogP contribution < -0.4 is 0 Å². The molecule has 138 valence electrons. The second-order valence-corrected chi connectivity index (χ2v) is 7.40. The Balaban J connectivity index is 4.16. The number of ether oxygens (including phenoxy) is 1. The number of rotatable bonds is 15. The first-order valence-electron chi connectivity index (χ1n) is 9.12. The molecule has 0 radical (unpaired) electrons. The van der Waals surface area contributed by atoms with Crippen LogP contribution >= 0.6 is 11.8 Å². The smallest absolute Gasteiger partial charge is 0.319 e. The number of unbranched alkanes of at least 4 members (excludes halogenated alkanes) is 3. The minimum Gasteiger partial charge on any atom is -0.465 e. The first-order valence-corrected chi connectivity index (χ1v) is 10.2. The Labute approximate surface area is 145 Å². The molecule has 0 aromatic heterocycles. The maximum atomic E-state index is 13.5. The topological polar surface area (TPSA) is 26.3 Å². The number of esters is 1. The number of hydrogen-bond acceptors (Lipinski definition) is 3. The van der Waals surface area contributed by atoms with Gasteiger partial charge in [0, 0.05) is 12.8 Å². The van der Waals surface area contributed by atoms with Crippen molar-refractivity contribution >= 4 is 17.7 Å². The van der Waals surface area contributed by atoms with Crippen LogP contribution in [0.15, 0.2) is 0 Å². The summed E-state index contributed by atoms with van der Waals surface area (Å²) in [4.78, 5) is 12.1. The predicted molar refractivity (Wildman–Crippen MR) is 95.3 cm³/mol. The largest absolute Gasteiger partial charge is 0.465 e. The van der Waals surface area contributed by atoms with Crippen LogP contribution in [0.4, 0.5) is 8.78 Å². The van der Waals surface area contributed by atoms with Crippen molar-refractivity contribution < 1.29 is 18.3 Å². The van der Waals surface area contributed by atoms with Crippen LogP contribution in [-0.2, 0) is 9.53 Å². The Morgan fingerprint density at radius 2 is 1.70 bits per heavy atom. The maximum Gasteiger partial charge on any atom is 0.319 e. The van der Waals surface area contributed by atoms with E-state index in [2.05, 4.69) is 13.8 Å². The number of hydrogen-bond donors (Lipinski definition) is 0. The summed E-state index contributed by atoms with van der Waals surface area (Å²) in [6.45, 7) is 6.42. The third kappa shape index (κ3) is 12.7. The SMILES string of the molecule is CCCCCC(SCCCC(F)(F)CCC)C(=O)OCCCC. The average Bonchev–Trinajstić information content (AvgIpc) is 2.49. The van der Waals surface area contributed by atoms with E-state index in [0.717, 1.165) is 38.5 Å². The fourth-order valence-electron chi connectivity index (χ4n) is 2.31. The van der Waals surface area contributed by atoms with Gasteiger partial charge >= 0.3 is 5.97 Å². The van der Waals surface area contributed by atoms with Crippen molar-refractivity contribution in [1.82, 2.24) is 0 Å². The molecule has 0 aliphatic carbocycles. The first-order chi connectivity index (χ1) is 11.0. The highest BCUT2D eigenvalue weighted by Crippen LogP contribution is 2.28. The van der Waals surface area contributed by atoms with Gasteiger partial charge in [0.05, 0.1) is 6.61 Å². The average molecular weight is 353 g/mol. The van der Waals surface area contributed by atoms with Gasteiger partial charge in [-0.1, -0.05) is 52.9 Å². The Kier molecular flexibility index (Phi) is 13.9. The molecule has 1 unspecified atom stereocenters. The second-order valence-electron chi connectivity index (χ2n) is 6.09. The zero-order valence-electron chi connectivity index (χ0n) is 15.0. The van der Waals surface area contributed by atoms with E-state index in [1.807, 2.05) is 0 Å². The van der Waals surface area contributed by atoms with Gasteiger partial charge in [0.1, 0.15) is 5.25 Å². The van der Waals surface area contributed by atoms with Crippen molar-refractivity contribution in [1.29, 1.82) is 0 Å². The van der Waals surface area contributed by atoms with Gasteiger partial charge in [0.2, 0.25) is 5.92 Å². The third-order valence-corrected chi connectivity index (χ3v) is 5.05. The van der Waals surface area contributed by atoms with E-state index >= 15 is 0 Å². The Morgan fingerprint density at radius 3 is 2.30 bits per heavy atom. The van der Waals surface area contributed by atoms with Gasteiger partial charge in [0.25, 0.3) is 0 Å². The molecule has 0 heterocycles. The number of thioether (sulfide) groups is 1. The minimum atomic E-state index is -2.56. The molecule has 0 spiro atoms. The summed E-state index contributed by atoms with van der Waals surface area (Å²) in [6, 6.07) is 0. The van der Waals surface area contributed by atoms with Crippen molar-refractivity contribution in [2.45, 2.75) is 96.2 Å². The third-order valence-electron chi connectivity index (χ3n) is 3.70. The molecule has 0 saturated heterocycles. The van der Waals surface area contributed by atoms with E-state index < -0.39 is 5.92 Å². The lowest BCUT2D eigenvalue weighted by Gasteiger charge is -2.17. The van der Waals surface area contributed by atoms with E-state index in [9.17, 15) is 13.6 Å². The molecule has 2 nitrogen and oxygen atoms in total. The summed E-state index contributed by atoms with van der Waals surface area (Å²) in [6.07, 6.45) is 6.66. The zero-order chi connectivity index (χ0) is 17.6. The van der Waals surface area contributed by atoms with Crippen LogP contribution in [-0.4, -0.2) is 29.5 Å². The van der Waals surface area contributed by atoms with E-state index in [0.29, 0.717) is 25.2 Å². The molecule has 0 aliphatic rings. The van der Waals surface area contributed by atoms with Crippen LogP contribution in [0.1, 0.15) is 85.0 Å². The van der Waals surface area contributed by atoms with Gasteiger partial charge in [0.15, 0.2) is 0 Å². The van der Waals surface area contributed by atoms with Crippen molar-refractivity contribution in [2.24, 2.45) is 0 Å². The van der Waals surface area contributed by atoms with Crippen molar-refractivity contribution in [3.63, 3.8) is 0 Å². The highest BCUT2D eigenvalue weighted by Gasteiger charge is 2.27. The molecular formula is C18H34F2O2S. The van der Waals surface area contributed by atoms with Crippen molar-refractivity contribution in [3.05, 3.63) is 0 Å². The lowest BCUT2D eigenvalue weighted by atomic mass is 10.1. The molecule has 0 aliphatic heterocycles. The number of carbonyl (C=O) groups is 1. The summed E-state index contributed by atoms with van der Waals surface area (Å²) in [5, 5.41) is -0.196. The predicted octanol–water partition coefficient (Wildman–Crippen LogP) is 6.23. The van der Waals surface area contributed by atoms with Gasteiger partial charge in [-0.15, -0.1) is 11.8 Å². The molecule has 5 heteroatoms. The molecule has 0 aromatic carbocycles. The quantitative estimate of drug-likeness (QED) is 0.258. The summed E-state index contributed by atoms with van der Waals surface area (Å²) < 4.78 is 32.2. The van der Waals surface area contributed by atoms with Gasteiger partial charge in [-0.25, -0.2) is 8.78 Å². The summed E-state index contributed by atoms with van der Waals surface area (Å²) >= 11 is 1.49. The van der Waals surface area contributed by atoms with E-state index in [-0.39, 0.29) is 24.1 Å². The van der Waals surface area contributed by atoms with Crippen LogP contribution in [0.5, 0.6) is 0 Å². The molecule has 23 heavy (non-hydrogen) atoms. The maximum absolute atomic E-state index is 13.5. The molecular weight excluding hydrogens is 318 g/mol.